The quantitative estimate of drug-likeness (QED) is 0.288. The highest BCUT2D eigenvalue weighted by molar-refractivity contribution is 6.30. The summed E-state index contributed by atoms with van der Waals surface area (Å²) in [5, 5.41) is 19.5. The van der Waals surface area contributed by atoms with Crippen molar-refractivity contribution < 1.29 is 18.3 Å². The average molecular weight is 554 g/mol. The van der Waals surface area contributed by atoms with Gasteiger partial charge in [0.05, 0.1) is 12.1 Å². The first-order valence-corrected chi connectivity index (χ1v) is 12.4. The molecule has 0 unspecified atom stereocenters. The van der Waals surface area contributed by atoms with Crippen LogP contribution in [0.3, 0.4) is 0 Å². The minimum Gasteiger partial charge on any atom is -0.385 e. The molecule has 1 N–H and O–H groups in total. The van der Waals surface area contributed by atoms with Crippen LogP contribution in [0.5, 0.6) is 0 Å². The first-order valence-electron chi connectivity index (χ1n) is 12.0. The molecule has 0 aliphatic carbocycles. The number of benzene rings is 2. The van der Waals surface area contributed by atoms with E-state index in [9.17, 15) is 23.1 Å². The second-order valence-electron chi connectivity index (χ2n) is 9.29. The molecule has 39 heavy (non-hydrogen) atoms. The second kappa shape index (κ2) is 9.94. The number of aliphatic hydroxyl groups is 1. The van der Waals surface area contributed by atoms with Gasteiger partial charge in [0, 0.05) is 16.3 Å². The summed E-state index contributed by atoms with van der Waals surface area (Å²) in [5.41, 5.74) is 2.44. The molecule has 7 nitrogen and oxygen atoms in total. The zero-order valence-corrected chi connectivity index (χ0v) is 21.9. The number of rotatable bonds is 5. The Morgan fingerprint density at radius 3 is 2.13 bits per heavy atom. The summed E-state index contributed by atoms with van der Waals surface area (Å²) in [6.45, 7) is 4.75. The molecule has 0 aliphatic heterocycles. The number of hydrogen-bond acceptors (Lipinski definition) is 5. The summed E-state index contributed by atoms with van der Waals surface area (Å²) in [6.07, 6.45) is -5.69. The fourth-order valence-corrected chi connectivity index (χ4v) is 4.61. The van der Waals surface area contributed by atoms with Crippen molar-refractivity contribution in [2.24, 2.45) is 0 Å². The molecule has 0 amide bonds. The minimum atomic E-state index is -4.60. The third kappa shape index (κ3) is 4.93. The molecule has 1 atom stereocenters. The van der Waals surface area contributed by atoms with Gasteiger partial charge in [0.25, 0.3) is 5.56 Å². The predicted octanol–water partition coefficient (Wildman–Crippen LogP) is 6.01. The van der Waals surface area contributed by atoms with Crippen molar-refractivity contribution in [3.8, 4) is 22.3 Å². The number of halogens is 4. The largest absolute Gasteiger partial charge is 0.433 e. The van der Waals surface area contributed by atoms with Crippen molar-refractivity contribution >= 4 is 17.2 Å². The van der Waals surface area contributed by atoms with Gasteiger partial charge in [0.2, 0.25) is 0 Å². The van der Waals surface area contributed by atoms with Gasteiger partial charge in [0.15, 0.2) is 11.5 Å². The van der Waals surface area contributed by atoms with E-state index in [1.807, 2.05) is 31.2 Å². The fourth-order valence-electron chi connectivity index (χ4n) is 4.48. The number of aliphatic hydroxyl groups excluding tert-OH is 1. The lowest BCUT2D eigenvalue weighted by Crippen LogP contribution is -2.31. The molecular formula is C28H23ClF3N5O2. The highest BCUT2D eigenvalue weighted by atomic mass is 35.5. The first kappa shape index (κ1) is 26.6. The average Bonchev–Trinajstić information content (AvgIpc) is 3.32. The maximum atomic E-state index is 14.3. The third-order valence-corrected chi connectivity index (χ3v) is 6.73. The monoisotopic (exact) mass is 553 g/mol. The summed E-state index contributed by atoms with van der Waals surface area (Å²) in [6, 6.07) is 16.5. The number of aryl methyl sites for hydroxylation is 2. The van der Waals surface area contributed by atoms with E-state index in [1.54, 1.807) is 24.3 Å². The van der Waals surface area contributed by atoms with Crippen molar-refractivity contribution in [3.05, 3.63) is 104 Å². The molecule has 0 spiro atoms. The first-order chi connectivity index (χ1) is 18.5. The van der Waals surface area contributed by atoms with Gasteiger partial charge in [0.1, 0.15) is 11.8 Å². The molecule has 11 heteroatoms. The smallest absolute Gasteiger partial charge is 0.385 e. The zero-order valence-electron chi connectivity index (χ0n) is 21.2. The Morgan fingerprint density at radius 1 is 0.923 bits per heavy atom. The van der Waals surface area contributed by atoms with Crippen LogP contribution in [0.25, 0.3) is 27.9 Å². The Morgan fingerprint density at radius 2 is 1.54 bits per heavy atom. The molecule has 3 heterocycles. The molecule has 2 aromatic carbocycles. The van der Waals surface area contributed by atoms with Gasteiger partial charge in [-0.2, -0.15) is 13.2 Å². The number of nitrogens with zero attached hydrogens (tertiary/aromatic N) is 5. The molecule has 0 saturated heterocycles. The van der Waals surface area contributed by atoms with Crippen LogP contribution in [0.15, 0.2) is 65.5 Å². The molecule has 3 aromatic heterocycles. The van der Waals surface area contributed by atoms with Gasteiger partial charge >= 0.3 is 6.18 Å². The van der Waals surface area contributed by atoms with E-state index < -0.39 is 23.5 Å². The fraction of sp³-hybridized carbons (Fsp3) is 0.214. The normalized spacial score (nSPS) is 12.7. The molecular weight excluding hydrogens is 531 g/mol. The number of fused-ring (bicyclic) bond motifs is 1. The lowest BCUT2D eigenvalue weighted by molar-refractivity contribution is -0.141. The number of pyridine rings is 1. The van der Waals surface area contributed by atoms with Crippen LogP contribution in [0.4, 0.5) is 13.2 Å². The molecule has 0 saturated carbocycles. The van der Waals surface area contributed by atoms with E-state index in [2.05, 4.69) is 15.2 Å². The SMILES string of the molecule is Cc1ccc(-c2c(-c3ccc(Cl)cc3)c(=O)n(Cc3ccc(C(F)(F)F)nc3C)n3c([C@H](C)O)nnc23)cc1. The van der Waals surface area contributed by atoms with Crippen LogP contribution in [0.1, 0.15) is 41.4 Å². The highest BCUT2D eigenvalue weighted by Crippen LogP contribution is 2.34. The summed E-state index contributed by atoms with van der Waals surface area (Å²) >= 11 is 6.12. The highest BCUT2D eigenvalue weighted by Gasteiger charge is 2.33. The lowest BCUT2D eigenvalue weighted by Gasteiger charge is -2.19. The number of alkyl halides is 3. The van der Waals surface area contributed by atoms with Gasteiger partial charge in [-0.3, -0.25) is 4.79 Å². The van der Waals surface area contributed by atoms with E-state index in [4.69, 9.17) is 11.6 Å². The van der Waals surface area contributed by atoms with Crippen LogP contribution in [-0.2, 0) is 12.7 Å². The maximum Gasteiger partial charge on any atom is 0.433 e. The van der Waals surface area contributed by atoms with Gasteiger partial charge < -0.3 is 5.11 Å². The van der Waals surface area contributed by atoms with Crippen LogP contribution in [0.2, 0.25) is 5.02 Å². The topological polar surface area (TPSA) is 85.3 Å². The Kier molecular flexibility index (Phi) is 6.77. The van der Waals surface area contributed by atoms with E-state index in [0.29, 0.717) is 38.5 Å². The van der Waals surface area contributed by atoms with Crippen molar-refractivity contribution in [1.82, 2.24) is 24.4 Å². The molecule has 200 valence electrons. The summed E-state index contributed by atoms with van der Waals surface area (Å²) < 4.78 is 42.4. The van der Waals surface area contributed by atoms with Crippen LogP contribution < -0.4 is 5.56 Å². The summed E-state index contributed by atoms with van der Waals surface area (Å²) in [5.74, 6) is 0.107. The molecule has 0 aliphatic rings. The summed E-state index contributed by atoms with van der Waals surface area (Å²) in [4.78, 5) is 18.0. The van der Waals surface area contributed by atoms with Gasteiger partial charge in [-0.25, -0.2) is 14.2 Å². The predicted molar refractivity (Wildman–Crippen MR) is 142 cm³/mol. The zero-order chi connectivity index (χ0) is 28.1. The number of aromatic nitrogens is 5. The molecule has 0 radical (unpaired) electrons. The Labute approximate surface area is 226 Å². The third-order valence-electron chi connectivity index (χ3n) is 6.48. The standard InChI is InChI=1S/C28H23ClF3N5O2/c1-15-4-6-18(7-5-15)23-24(19-8-11-21(29)12-9-19)27(39)36(37-25(17(3)38)34-35-26(23)37)14-20-10-13-22(28(30,31)32)33-16(20)2/h4-13,17,38H,14H2,1-3H3/t17-/m0/s1. The van der Waals surface area contributed by atoms with E-state index in [0.717, 1.165) is 11.6 Å². The van der Waals surface area contributed by atoms with Crippen molar-refractivity contribution in [2.75, 3.05) is 0 Å². The van der Waals surface area contributed by atoms with Crippen molar-refractivity contribution in [3.63, 3.8) is 0 Å². The Hall–Kier alpha value is -4.02. The molecule has 5 aromatic rings. The van der Waals surface area contributed by atoms with Crippen LogP contribution in [0, 0.1) is 13.8 Å². The van der Waals surface area contributed by atoms with Crippen LogP contribution in [-0.4, -0.2) is 29.5 Å². The Balaban J connectivity index is 1.85. The molecule has 0 bridgehead atoms. The van der Waals surface area contributed by atoms with Gasteiger partial charge in [-0.05, 0) is 55.7 Å². The van der Waals surface area contributed by atoms with E-state index in [-0.39, 0.29) is 18.1 Å². The van der Waals surface area contributed by atoms with Gasteiger partial charge in [-0.1, -0.05) is 59.6 Å². The Bertz CT molecular complexity index is 1740. The molecule has 5 rings (SSSR count). The maximum absolute atomic E-state index is 14.3. The van der Waals surface area contributed by atoms with Gasteiger partial charge in [-0.15, -0.1) is 10.2 Å². The van der Waals surface area contributed by atoms with Crippen LogP contribution >= 0.6 is 11.6 Å². The van der Waals surface area contributed by atoms with Crippen molar-refractivity contribution in [1.29, 1.82) is 0 Å². The van der Waals surface area contributed by atoms with E-state index >= 15 is 0 Å². The minimum absolute atomic E-state index is 0.107. The lowest BCUT2D eigenvalue weighted by atomic mass is 9.96. The molecule has 0 fully saturated rings. The number of hydrogen-bond donors (Lipinski definition) is 1. The van der Waals surface area contributed by atoms with Crippen molar-refractivity contribution in [2.45, 2.75) is 39.6 Å². The van der Waals surface area contributed by atoms with E-state index in [1.165, 1.54) is 29.1 Å². The second-order valence-corrected chi connectivity index (χ2v) is 9.73. The summed E-state index contributed by atoms with van der Waals surface area (Å²) in [7, 11) is 0.